The Kier molecular flexibility index (Phi) is 7.30. The SMILES string of the molecule is Cc1nc(C)c(-c2nnc(-c3cccc(C(F)(F)F)n3)o2)c(C2CCN(C(=O)Cc3c(F)cccc3F)CC2)n1. The predicted octanol–water partition coefficient (Wildman–Crippen LogP) is 5.45. The maximum absolute atomic E-state index is 14.0. The van der Waals surface area contributed by atoms with Gasteiger partial charge in [0.1, 0.15) is 28.8 Å². The van der Waals surface area contributed by atoms with Crippen LogP contribution in [0, 0.1) is 25.5 Å². The van der Waals surface area contributed by atoms with Crippen molar-refractivity contribution >= 4 is 5.91 Å². The van der Waals surface area contributed by atoms with E-state index in [0.29, 0.717) is 48.7 Å². The second-order valence-corrected chi connectivity index (χ2v) is 9.47. The van der Waals surface area contributed by atoms with Gasteiger partial charge >= 0.3 is 6.18 Å². The summed E-state index contributed by atoms with van der Waals surface area (Å²) < 4.78 is 73.2. The van der Waals surface area contributed by atoms with E-state index in [1.165, 1.54) is 18.2 Å². The second-order valence-electron chi connectivity index (χ2n) is 9.47. The number of carbonyl (C=O) groups excluding carboxylic acids is 1. The van der Waals surface area contributed by atoms with E-state index in [2.05, 4.69) is 25.1 Å². The summed E-state index contributed by atoms with van der Waals surface area (Å²) in [5.41, 5.74) is 0.155. The minimum absolute atomic E-state index is 0.0373. The van der Waals surface area contributed by atoms with Crippen LogP contribution in [0.25, 0.3) is 23.0 Å². The highest BCUT2D eigenvalue weighted by molar-refractivity contribution is 5.79. The molecule has 4 aromatic rings. The Morgan fingerprint density at radius 3 is 2.27 bits per heavy atom. The van der Waals surface area contributed by atoms with Crippen molar-refractivity contribution in [3.05, 3.63) is 76.5 Å². The van der Waals surface area contributed by atoms with Crippen molar-refractivity contribution in [2.75, 3.05) is 13.1 Å². The standard InChI is InChI=1S/C27H23F5N6O2/c1-14-23(26-37-36-25(40-26)20-7-4-8-21(35-20)27(30,31)32)24(34-15(2)33-14)16-9-11-38(12-10-16)22(39)13-17-18(28)5-3-6-19(17)29/h3-8,16H,9-13H2,1-2H3. The molecule has 5 rings (SSSR count). The lowest BCUT2D eigenvalue weighted by Gasteiger charge is -2.32. The molecule has 0 radical (unpaired) electrons. The highest BCUT2D eigenvalue weighted by atomic mass is 19.4. The normalized spacial score (nSPS) is 14.5. The minimum atomic E-state index is -4.63. The molecule has 13 heteroatoms. The van der Waals surface area contributed by atoms with Crippen LogP contribution in [0.1, 0.15) is 47.2 Å². The highest BCUT2D eigenvalue weighted by Gasteiger charge is 2.33. The van der Waals surface area contributed by atoms with Crippen LogP contribution in [0.3, 0.4) is 0 Å². The van der Waals surface area contributed by atoms with Crippen LogP contribution in [-0.4, -0.2) is 49.0 Å². The molecular weight excluding hydrogens is 535 g/mol. The molecule has 4 heterocycles. The van der Waals surface area contributed by atoms with Gasteiger partial charge in [-0.2, -0.15) is 13.2 Å². The van der Waals surface area contributed by atoms with Crippen molar-refractivity contribution in [2.45, 2.75) is 45.2 Å². The van der Waals surface area contributed by atoms with Gasteiger partial charge < -0.3 is 9.32 Å². The molecule has 8 nitrogen and oxygen atoms in total. The van der Waals surface area contributed by atoms with Crippen LogP contribution < -0.4 is 0 Å². The van der Waals surface area contributed by atoms with Crippen LogP contribution in [0.4, 0.5) is 22.0 Å². The first-order chi connectivity index (χ1) is 19.0. The lowest BCUT2D eigenvalue weighted by Crippen LogP contribution is -2.39. The zero-order chi connectivity index (χ0) is 28.6. The fourth-order valence-corrected chi connectivity index (χ4v) is 4.80. The molecule has 1 aliphatic rings. The van der Waals surface area contributed by atoms with E-state index in [9.17, 15) is 26.7 Å². The van der Waals surface area contributed by atoms with Gasteiger partial charge in [-0.3, -0.25) is 4.79 Å². The maximum atomic E-state index is 14.0. The molecule has 1 aromatic carbocycles. The van der Waals surface area contributed by atoms with Crippen molar-refractivity contribution in [2.24, 2.45) is 0 Å². The highest BCUT2D eigenvalue weighted by Crippen LogP contribution is 2.36. The van der Waals surface area contributed by atoms with Gasteiger partial charge in [-0.1, -0.05) is 12.1 Å². The predicted molar refractivity (Wildman–Crippen MR) is 132 cm³/mol. The van der Waals surface area contributed by atoms with Gasteiger partial charge in [-0.25, -0.2) is 23.7 Å². The van der Waals surface area contributed by atoms with Crippen molar-refractivity contribution in [1.29, 1.82) is 0 Å². The van der Waals surface area contributed by atoms with Gasteiger partial charge in [-0.15, -0.1) is 10.2 Å². The van der Waals surface area contributed by atoms with Gasteiger partial charge in [-0.05, 0) is 51.0 Å². The summed E-state index contributed by atoms with van der Waals surface area (Å²) in [4.78, 5) is 27.0. The third kappa shape index (κ3) is 5.54. The molecule has 3 aromatic heterocycles. The minimum Gasteiger partial charge on any atom is -0.414 e. The number of pyridine rings is 1. The number of aromatic nitrogens is 5. The smallest absolute Gasteiger partial charge is 0.414 e. The number of hydrogen-bond donors (Lipinski definition) is 0. The Labute approximate surface area is 225 Å². The molecule has 0 N–H and O–H groups in total. The largest absolute Gasteiger partial charge is 0.433 e. The van der Waals surface area contributed by atoms with Gasteiger partial charge in [0.2, 0.25) is 5.91 Å². The van der Waals surface area contributed by atoms with E-state index in [0.717, 1.165) is 18.2 Å². The number of nitrogens with zero attached hydrogens (tertiary/aromatic N) is 6. The number of amides is 1. The summed E-state index contributed by atoms with van der Waals surface area (Å²) in [6, 6.07) is 6.87. The Morgan fingerprint density at radius 2 is 1.60 bits per heavy atom. The molecule has 1 amide bonds. The first-order valence-electron chi connectivity index (χ1n) is 12.5. The third-order valence-electron chi connectivity index (χ3n) is 6.75. The summed E-state index contributed by atoms with van der Waals surface area (Å²) >= 11 is 0. The summed E-state index contributed by atoms with van der Waals surface area (Å²) in [5, 5.41) is 7.96. The summed E-state index contributed by atoms with van der Waals surface area (Å²) in [6.45, 7) is 4.14. The number of rotatable bonds is 5. The molecule has 208 valence electrons. The van der Waals surface area contributed by atoms with Gasteiger partial charge in [0.25, 0.3) is 11.8 Å². The van der Waals surface area contributed by atoms with Crippen LogP contribution in [0.5, 0.6) is 0 Å². The molecule has 1 saturated heterocycles. The van der Waals surface area contributed by atoms with Crippen LogP contribution >= 0.6 is 0 Å². The average molecular weight is 559 g/mol. The van der Waals surface area contributed by atoms with E-state index in [1.807, 2.05) is 0 Å². The van der Waals surface area contributed by atoms with E-state index >= 15 is 0 Å². The molecule has 0 unspecified atom stereocenters. The van der Waals surface area contributed by atoms with Gasteiger partial charge in [0.05, 0.1) is 23.4 Å². The molecule has 40 heavy (non-hydrogen) atoms. The number of carbonyl (C=O) groups is 1. The number of halogens is 5. The first-order valence-corrected chi connectivity index (χ1v) is 12.5. The number of alkyl halides is 3. The third-order valence-corrected chi connectivity index (χ3v) is 6.75. The Bertz CT molecular complexity index is 1540. The van der Waals surface area contributed by atoms with Crippen LogP contribution in [-0.2, 0) is 17.4 Å². The van der Waals surface area contributed by atoms with Crippen LogP contribution in [0.15, 0.2) is 40.8 Å². The molecule has 1 aliphatic heterocycles. The molecule has 0 atom stereocenters. The lowest BCUT2D eigenvalue weighted by atomic mass is 9.89. The monoisotopic (exact) mass is 558 g/mol. The average Bonchev–Trinajstić information content (AvgIpc) is 3.40. The number of hydrogen-bond acceptors (Lipinski definition) is 7. The zero-order valence-corrected chi connectivity index (χ0v) is 21.5. The number of piperidine rings is 1. The fraction of sp³-hybridized carbons (Fsp3) is 0.333. The Hall–Kier alpha value is -4.29. The summed E-state index contributed by atoms with van der Waals surface area (Å²) in [5.74, 6) is -1.69. The van der Waals surface area contributed by atoms with E-state index in [-0.39, 0.29) is 41.3 Å². The topological polar surface area (TPSA) is 97.9 Å². The number of benzene rings is 1. The number of likely N-dealkylation sites (tertiary alicyclic amines) is 1. The second kappa shape index (κ2) is 10.7. The molecule has 0 saturated carbocycles. The Morgan fingerprint density at radius 1 is 0.950 bits per heavy atom. The van der Waals surface area contributed by atoms with E-state index < -0.39 is 23.5 Å². The van der Waals surface area contributed by atoms with Gasteiger partial charge in [0.15, 0.2) is 0 Å². The van der Waals surface area contributed by atoms with Crippen molar-refractivity contribution in [3.8, 4) is 23.0 Å². The summed E-state index contributed by atoms with van der Waals surface area (Å²) in [6.07, 6.45) is -4.00. The quantitative estimate of drug-likeness (QED) is 0.301. The fourth-order valence-electron chi connectivity index (χ4n) is 4.80. The maximum Gasteiger partial charge on any atom is 0.433 e. The van der Waals surface area contributed by atoms with Crippen molar-refractivity contribution in [3.63, 3.8) is 0 Å². The molecule has 0 aliphatic carbocycles. The zero-order valence-electron chi connectivity index (χ0n) is 21.5. The van der Waals surface area contributed by atoms with Crippen molar-refractivity contribution in [1.82, 2.24) is 30.0 Å². The Balaban J connectivity index is 1.37. The van der Waals surface area contributed by atoms with Crippen molar-refractivity contribution < 1.29 is 31.2 Å². The van der Waals surface area contributed by atoms with Gasteiger partial charge in [0, 0.05) is 24.6 Å². The molecule has 1 fully saturated rings. The van der Waals surface area contributed by atoms with E-state index in [4.69, 9.17) is 4.42 Å². The molecule has 0 bridgehead atoms. The number of aryl methyl sites for hydroxylation is 2. The van der Waals surface area contributed by atoms with E-state index in [1.54, 1.807) is 18.7 Å². The molecular formula is C27H23F5N6O2. The lowest BCUT2D eigenvalue weighted by molar-refractivity contribution is -0.141. The summed E-state index contributed by atoms with van der Waals surface area (Å²) in [7, 11) is 0. The first kappa shape index (κ1) is 27.3. The molecule has 0 spiro atoms. The van der Waals surface area contributed by atoms with Crippen LogP contribution in [0.2, 0.25) is 0 Å².